The third kappa shape index (κ3) is 3.20. The topological polar surface area (TPSA) is 64.3 Å². The van der Waals surface area contributed by atoms with E-state index in [0.717, 1.165) is 0 Å². The highest BCUT2D eigenvalue weighted by Crippen LogP contribution is 2.15. The molecule has 0 aliphatic carbocycles. The number of nitrogens with two attached hydrogens (primary N) is 1. The Kier molecular flexibility index (Phi) is 4.25. The smallest absolute Gasteiger partial charge is 0.238 e. The van der Waals surface area contributed by atoms with Gasteiger partial charge in [0.2, 0.25) is 5.91 Å². The first-order chi connectivity index (χ1) is 7.54. The summed E-state index contributed by atoms with van der Waals surface area (Å²) < 4.78 is 18.4. The van der Waals surface area contributed by atoms with Crippen LogP contribution in [-0.2, 0) is 4.79 Å². The maximum atomic E-state index is 13.2. The van der Waals surface area contributed by atoms with Crippen molar-refractivity contribution in [2.45, 2.75) is 13.0 Å². The second-order valence-corrected chi connectivity index (χ2v) is 3.47. The molecule has 0 radical (unpaired) electrons. The van der Waals surface area contributed by atoms with Gasteiger partial charge < -0.3 is 15.8 Å². The van der Waals surface area contributed by atoms with Crippen LogP contribution < -0.4 is 15.8 Å². The van der Waals surface area contributed by atoms with Gasteiger partial charge in [0.05, 0.1) is 0 Å². The van der Waals surface area contributed by atoms with Crippen molar-refractivity contribution in [2.24, 2.45) is 5.73 Å². The molecule has 1 unspecified atom stereocenters. The molecular formula is C11H15FN2O2. The van der Waals surface area contributed by atoms with Crippen molar-refractivity contribution in [1.29, 1.82) is 0 Å². The van der Waals surface area contributed by atoms with Gasteiger partial charge in [-0.15, -0.1) is 0 Å². The Labute approximate surface area is 93.6 Å². The lowest BCUT2D eigenvalue weighted by Gasteiger charge is -2.13. The number of carbonyl (C=O) groups is 1. The normalized spacial score (nSPS) is 12.2. The molecule has 0 aliphatic heterocycles. The first kappa shape index (κ1) is 12.4. The van der Waals surface area contributed by atoms with Gasteiger partial charge in [-0.05, 0) is 25.6 Å². The van der Waals surface area contributed by atoms with Crippen molar-refractivity contribution in [1.82, 2.24) is 5.32 Å². The van der Waals surface area contributed by atoms with Crippen molar-refractivity contribution in [3.63, 3.8) is 0 Å². The lowest BCUT2D eigenvalue weighted by Crippen LogP contribution is -2.43. The van der Waals surface area contributed by atoms with Gasteiger partial charge in [0.25, 0.3) is 0 Å². The third-order valence-electron chi connectivity index (χ3n) is 2.25. The number of ether oxygens (including phenoxy) is 1. The van der Waals surface area contributed by atoms with E-state index >= 15 is 0 Å². The van der Waals surface area contributed by atoms with Gasteiger partial charge in [0.15, 0.2) is 0 Å². The van der Waals surface area contributed by atoms with Crippen molar-refractivity contribution >= 4 is 5.91 Å². The molecular weight excluding hydrogens is 211 g/mol. The Hall–Kier alpha value is -1.62. The van der Waals surface area contributed by atoms with Crippen molar-refractivity contribution in [2.75, 3.05) is 13.7 Å². The van der Waals surface area contributed by atoms with E-state index in [-0.39, 0.29) is 12.4 Å². The first-order valence-corrected chi connectivity index (χ1v) is 4.90. The van der Waals surface area contributed by atoms with Gasteiger partial charge in [0.1, 0.15) is 24.2 Å². The molecule has 88 valence electrons. The summed E-state index contributed by atoms with van der Waals surface area (Å²) in [5.74, 6) is -0.461. The van der Waals surface area contributed by atoms with E-state index in [1.165, 1.54) is 6.07 Å². The SMILES string of the molecule is CNC(COc1ccc(C)c(F)c1)C(N)=O. The highest BCUT2D eigenvalue weighted by atomic mass is 19.1. The molecule has 1 rings (SSSR count). The Balaban J connectivity index is 2.60. The average Bonchev–Trinajstić information content (AvgIpc) is 2.23. The quantitative estimate of drug-likeness (QED) is 0.772. The zero-order chi connectivity index (χ0) is 12.1. The number of halogens is 1. The second-order valence-electron chi connectivity index (χ2n) is 3.47. The molecule has 0 aromatic heterocycles. The van der Waals surface area contributed by atoms with E-state index in [9.17, 15) is 9.18 Å². The van der Waals surface area contributed by atoms with Gasteiger partial charge in [-0.2, -0.15) is 0 Å². The minimum absolute atomic E-state index is 0.0777. The van der Waals surface area contributed by atoms with Crippen LogP contribution in [0.2, 0.25) is 0 Å². The summed E-state index contributed by atoms with van der Waals surface area (Å²) in [5.41, 5.74) is 5.66. The standard InChI is InChI=1S/C11H15FN2O2/c1-7-3-4-8(5-9(7)12)16-6-10(14-2)11(13)15/h3-5,10,14H,6H2,1-2H3,(H2,13,15). The van der Waals surface area contributed by atoms with Crippen molar-refractivity contribution in [3.8, 4) is 5.75 Å². The van der Waals surface area contributed by atoms with E-state index < -0.39 is 11.9 Å². The molecule has 0 fully saturated rings. The summed E-state index contributed by atoms with van der Waals surface area (Å²) in [7, 11) is 1.61. The number of hydrogen-bond donors (Lipinski definition) is 2. The van der Waals surface area contributed by atoms with Crippen LogP contribution in [0.4, 0.5) is 4.39 Å². The van der Waals surface area contributed by atoms with Gasteiger partial charge in [-0.1, -0.05) is 6.07 Å². The van der Waals surface area contributed by atoms with Gasteiger partial charge in [0, 0.05) is 6.07 Å². The molecule has 1 aromatic rings. The fourth-order valence-electron chi connectivity index (χ4n) is 1.15. The number of benzene rings is 1. The number of primary amides is 1. The monoisotopic (exact) mass is 226 g/mol. The molecule has 16 heavy (non-hydrogen) atoms. The molecule has 3 N–H and O–H groups in total. The van der Waals surface area contributed by atoms with E-state index in [0.29, 0.717) is 11.3 Å². The highest BCUT2D eigenvalue weighted by molar-refractivity contribution is 5.79. The fourth-order valence-corrected chi connectivity index (χ4v) is 1.15. The summed E-state index contributed by atoms with van der Waals surface area (Å²) in [6.45, 7) is 1.74. The number of rotatable bonds is 5. The number of aryl methyl sites for hydroxylation is 1. The van der Waals surface area contributed by atoms with E-state index in [2.05, 4.69) is 5.32 Å². The van der Waals surface area contributed by atoms with E-state index in [1.807, 2.05) is 0 Å². The molecule has 1 aromatic carbocycles. The first-order valence-electron chi connectivity index (χ1n) is 4.90. The molecule has 0 saturated carbocycles. The van der Waals surface area contributed by atoms with Crippen LogP contribution in [0.1, 0.15) is 5.56 Å². The predicted octanol–water partition coefficient (Wildman–Crippen LogP) is 0.586. The predicted molar refractivity (Wildman–Crippen MR) is 58.7 cm³/mol. The fraction of sp³-hybridized carbons (Fsp3) is 0.364. The van der Waals surface area contributed by atoms with Gasteiger partial charge in [-0.25, -0.2) is 4.39 Å². The molecule has 0 saturated heterocycles. The van der Waals surface area contributed by atoms with Crippen LogP contribution in [0.15, 0.2) is 18.2 Å². The van der Waals surface area contributed by atoms with Crippen molar-refractivity contribution in [3.05, 3.63) is 29.6 Å². The Morgan fingerprint density at radius 3 is 2.81 bits per heavy atom. The molecule has 0 aliphatic rings. The maximum absolute atomic E-state index is 13.2. The lowest BCUT2D eigenvalue weighted by atomic mass is 10.2. The van der Waals surface area contributed by atoms with E-state index in [4.69, 9.17) is 10.5 Å². The minimum atomic E-state index is -0.579. The second kappa shape index (κ2) is 5.46. The summed E-state index contributed by atoms with van der Waals surface area (Å²) in [4.78, 5) is 10.9. The molecule has 5 heteroatoms. The number of likely N-dealkylation sites (N-methyl/N-ethyl adjacent to an activating group) is 1. The van der Waals surface area contributed by atoms with E-state index in [1.54, 1.807) is 26.1 Å². The largest absolute Gasteiger partial charge is 0.491 e. The number of hydrogen-bond acceptors (Lipinski definition) is 3. The summed E-state index contributed by atoms with van der Waals surface area (Å²) in [5, 5.41) is 2.70. The zero-order valence-corrected chi connectivity index (χ0v) is 9.29. The average molecular weight is 226 g/mol. The Morgan fingerprint density at radius 1 is 1.62 bits per heavy atom. The maximum Gasteiger partial charge on any atom is 0.238 e. The Bertz CT molecular complexity index is 382. The van der Waals surface area contributed by atoms with Crippen LogP contribution in [0.5, 0.6) is 5.75 Å². The number of amides is 1. The zero-order valence-electron chi connectivity index (χ0n) is 9.29. The Morgan fingerprint density at radius 2 is 2.31 bits per heavy atom. The van der Waals surface area contributed by atoms with Crippen molar-refractivity contribution < 1.29 is 13.9 Å². The van der Waals surface area contributed by atoms with Gasteiger partial charge >= 0.3 is 0 Å². The van der Waals surface area contributed by atoms with Crippen LogP contribution >= 0.6 is 0 Å². The summed E-state index contributed by atoms with van der Waals surface area (Å²) in [6, 6.07) is 3.96. The summed E-state index contributed by atoms with van der Waals surface area (Å²) in [6.07, 6.45) is 0. The van der Waals surface area contributed by atoms with Crippen LogP contribution in [-0.4, -0.2) is 25.6 Å². The molecule has 0 spiro atoms. The highest BCUT2D eigenvalue weighted by Gasteiger charge is 2.13. The summed E-state index contributed by atoms with van der Waals surface area (Å²) >= 11 is 0. The third-order valence-corrected chi connectivity index (χ3v) is 2.25. The van der Waals surface area contributed by atoms with Crippen LogP contribution in [0.3, 0.4) is 0 Å². The lowest BCUT2D eigenvalue weighted by molar-refractivity contribution is -0.120. The molecule has 0 heterocycles. The van der Waals surface area contributed by atoms with Crippen LogP contribution in [0, 0.1) is 12.7 Å². The molecule has 1 amide bonds. The number of carbonyl (C=O) groups excluding carboxylic acids is 1. The molecule has 4 nitrogen and oxygen atoms in total. The number of nitrogens with one attached hydrogen (secondary N) is 1. The minimum Gasteiger partial charge on any atom is -0.491 e. The van der Waals surface area contributed by atoms with Crippen LogP contribution in [0.25, 0.3) is 0 Å². The molecule has 1 atom stereocenters. The van der Waals surface area contributed by atoms with Gasteiger partial charge in [-0.3, -0.25) is 4.79 Å². The molecule has 0 bridgehead atoms.